The van der Waals surface area contributed by atoms with E-state index in [1.165, 1.54) is 31.1 Å². The highest BCUT2D eigenvalue weighted by Gasteiger charge is 2.68. The lowest BCUT2D eigenvalue weighted by Crippen LogP contribution is -2.65. The van der Waals surface area contributed by atoms with Gasteiger partial charge in [0.1, 0.15) is 40.7 Å². The molecule has 0 aromatic heterocycles. The molecule has 300 valence electrons. The molecule has 0 spiro atoms. The van der Waals surface area contributed by atoms with Gasteiger partial charge in [0.2, 0.25) is 11.8 Å². The van der Waals surface area contributed by atoms with E-state index >= 15 is 0 Å². The van der Waals surface area contributed by atoms with Gasteiger partial charge < -0.3 is 38.6 Å². The lowest BCUT2D eigenvalue weighted by Gasteiger charge is -2.45. The van der Waals surface area contributed by atoms with E-state index in [1.807, 2.05) is 40.7 Å². The Morgan fingerprint density at radius 3 is 2.50 bits per heavy atom. The first kappa shape index (κ1) is 43.4. The molecule has 2 fully saturated rings. The number of alkyl carbamates (subject to hydrolysis) is 1. The molecule has 54 heavy (non-hydrogen) atoms. The second kappa shape index (κ2) is 16.4. The molecule has 4 bridgehead atoms. The number of thiol groups is 1. The molecule has 0 saturated carbocycles. The Morgan fingerprint density at radius 2 is 1.89 bits per heavy atom. The molecule has 13 nitrogen and oxygen atoms in total. The predicted molar refractivity (Wildman–Crippen MR) is 208 cm³/mol. The number of carbonyl (C=O) groups is 4. The summed E-state index contributed by atoms with van der Waals surface area (Å²) in [7, 11) is 6.03. The number of carbonyl (C=O) groups excluding carboxylic acids is 4. The van der Waals surface area contributed by atoms with Crippen LogP contribution in [0.25, 0.3) is 0 Å². The van der Waals surface area contributed by atoms with Crippen LogP contribution in [0.4, 0.5) is 10.5 Å². The van der Waals surface area contributed by atoms with Crippen molar-refractivity contribution in [3.8, 4) is 5.75 Å². The summed E-state index contributed by atoms with van der Waals surface area (Å²) in [5.74, 6) is -1.06. The molecule has 7 atom stereocenters. The number of hydrogen-bond acceptors (Lipinski definition) is 11. The maximum atomic E-state index is 14.2. The molecule has 0 radical (unpaired) electrons. The summed E-state index contributed by atoms with van der Waals surface area (Å²) in [6.07, 6.45) is 1.42. The number of aliphatic hydroxyl groups is 1. The van der Waals surface area contributed by atoms with Crippen molar-refractivity contribution in [3.05, 3.63) is 46.5 Å². The van der Waals surface area contributed by atoms with Crippen molar-refractivity contribution >= 4 is 53.8 Å². The minimum Gasteiger partial charge on any atom is -0.495 e. The van der Waals surface area contributed by atoms with Gasteiger partial charge >= 0.3 is 12.1 Å². The molecule has 0 aliphatic carbocycles. The van der Waals surface area contributed by atoms with Gasteiger partial charge in [-0.25, -0.2) is 9.59 Å². The van der Waals surface area contributed by atoms with Gasteiger partial charge in [-0.15, -0.1) is 0 Å². The highest BCUT2D eigenvalue weighted by atomic mass is 35.5. The highest BCUT2D eigenvalue weighted by Crippen LogP contribution is 2.54. The van der Waals surface area contributed by atoms with Crippen molar-refractivity contribution in [2.45, 2.75) is 127 Å². The number of allylic oxidation sites excluding steroid dienone is 3. The summed E-state index contributed by atoms with van der Waals surface area (Å²) >= 11 is 11.3. The molecule has 1 aromatic carbocycles. The second-order valence-corrected chi connectivity index (χ2v) is 17.7. The minimum atomic E-state index is -1.85. The maximum Gasteiger partial charge on any atom is 0.409 e. The number of anilines is 1. The van der Waals surface area contributed by atoms with Gasteiger partial charge in [-0.3, -0.25) is 14.9 Å². The number of amides is 3. The Kier molecular flexibility index (Phi) is 13.2. The zero-order chi connectivity index (χ0) is 40.6. The van der Waals surface area contributed by atoms with Crippen LogP contribution in [0.5, 0.6) is 5.75 Å². The molecule has 2 N–H and O–H groups in total. The zero-order valence-electron chi connectivity index (χ0n) is 33.2. The number of halogens is 1. The van der Waals surface area contributed by atoms with Crippen LogP contribution in [-0.2, 0) is 39.8 Å². The number of hydrogen-bond donors (Lipinski definition) is 3. The predicted octanol–water partition coefficient (Wildman–Crippen LogP) is 5.39. The van der Waals surface area contributed by atoms with Crippen molar-refractivity contribution in [2.75, 3.05) is 33.2 Å². The van der Waals surface area contributed by atoms with E-state index in [0.29, 0.717) is 24.3 Å². The minimum absolute atomic E-state index is 0.0729. The van der Waals surface area contributed by atoms with Gasteiger partial charge in [0.15, 0.2) is 5.72 Å². The number of likely N-dealkylation sites (N-methyl/N-ethyl adjacent to an activating group) is 1. The van der Waals surface area contributed by atoms with Crippen molar-refractivity contribution < 1.29 is 48.0 Å². The van der Waals surface area contributed by atoms with Crippen LogP contribution in [0, 0.1) is 5.41 Å². The highest BCUT2D eigenvalue weighted by molar-refractivity contribution is 7.81. The number of fused-ring (bicyclic) bond motifs is 5. The summed E-state index contributed by atoms with van der Waals surface area (Å²) in [5.41, 5.74) is -1.97. The standard InChI is InChI=1S/C39H56ClN3O10S/c1-22-13-12-14-27(50-11)39(48)21-29(52-35(47)41-39)37(5,6)34-38(7,53-34)28(51-33(46)23(2)42(8)30(44)15-16-36(3,4)54)20-31(45)43(9)25-18-24(17-22)19-26(49-10)32(25)40/h12-14,18-19,23,27-29,34,48,54H,15-17,20-21H2,1-11H3,(H,41,47)/t23-,27+,28-,29-,34-,38-,39-/m0/s1. The van der Waals surface area contributed by atoms with E-state index in [2.05, 4.69) is 17.9 Å². The molecule has 3 aliphatic rings. The molecular formula is C39H56ClN3O10S. The molecule has 3 aliphatic heterocycles. The van der Waals surface area contributed by atoms with Gasteiger partial charge in [-0.1, -0.05) is 63.1 Å². The van der Waals surface area contributed by atoms with E-state index in [0.717, 1.165) is 11.1 Å². The molecule has 3 amide bonds. The van der Waals surface area contributed by atoms with Gasteiger partial charge in [0.25, 0.3) is 0 Å². The molecular weight excluding hydrogens is 738 g/mol. The summed E-state index contributed by atoms with van der Waals surface area (Å²) in [4.78, 5) is 56.8. The number of methoxy groups -OCH3 is 2. The fraction of sp³-hybridized carbons (Fsp3) is 0.641. The number of benzene rings is 1. The van der Waals surface area contributed by atoms with E-state index in [-0.39, 0.29) is 34.9 Å². The smallest absolute Gasteiger partial charge is 0.409 e. The number of rotatable bonds is 8. The number of ether oxygens (including phenoxy) is 5. The van der Waals surface area contributed by atoms with Crippen molar-refractivity contribution in [3.63, 3.8) is 0 Å². The number of epoxide rings is 1. The maximum absolute atomic E-state index is 14.2. The van der Waals surface area contributed by atoms with Crippen molar-refractivity contribution in [1.29, 1.82) is 0 Å². The molecule has 0 unspecified atom stereocenters. The van der Waals surface area contributed by atoms with Crippen LogP contribution in [-0.4, -0.2) is 109 Å². The lowest BCUT2D eigenvalue weighted by atomic mass is 9.73. The van der Waals surface area contributed by atoms with Crippen molar-refractivity contribution in [2.24, 2.45) is 5.41 Å². The Bertz CT molecular complexity index is 1680. The fourth-order valence-electron chi connectivity index (χ4n) is 7.10. The zero-order valence-corrected chi connectivity index (χ0v) is 34.8. The van der Waals surface area contributed by atoms with Crippen LogP contribution >= 0.6 is 24.2 Å². The third kappa shape index (κ3) is 9.55. The average molecular weight is 794 g/mol. The van der Waals surface area contributed by atoms with Gasteiger partial charge in [0, 0.05) is 44.2 Å². The Labute approximate surface area is 329 Å². The van der Waals surface area contributed by atoms with E-state index < -0.39 is 65.2 Å². The summed E-state index contributed by atoms with van der Waals surface area (Å²) in [6, 6.07) is 2.59. The van der Waals surface area contributed by atoms with E-state index in [4.69, 9.17) is 35.3 Å². The Balaban J connectivity index is 1.78. The average Bonchev–Trinajstić information content (AvgIpc) is 3.80. The Hall–Kier alpha value is -3.30. The van der Waals surface area contributed by atoms with Gasteiger partial charge in [0.05, 0.1) is 25.3 Å². The lowest BCUT2D eigenvalue weighted by molar-refractivity contribution is -0.162. The molecule has 4 rings (SSSR count). The third-order valence-corrected chi connectivity index (χ3v) is 11.4. The number of nitrogens with one attached hydrogen (secondary N) is 1. The monoisotopic (exact) mass is 793 g/mol. The Morgan fingerprint density at radius 1 is 1.22 bits per heavy atom. The quantitative estimate of drug-likeness (QED) is 0.177. The summed E-state index contributed by atoms with van der Waals surface area (Å²) in [6.45, 7) is 12.7. The summed E-state index contributed by atoms with van der Waals surface area (Å²) in [5, 5.41) is 14.6. The van der Waals surface area contributed by atoms with Crippen LogP contribution < -0.4 is 15.0 Å². The molecule has 3 heterocycles. The van der Waals surface area contributed by atoms with Crippen LogP contribution in [0.1, 0.15) is 79.7 Å². The van der Waals surface area contributed by atoms with Crippen LogP contribution in [0.15, 0.2) is 35.9 Å². The van der Waals surface area contributed by atoms with Crippen molar-refractivity contribution in [1.82, 2.24) is 10.2 Å². The first-order valence-corrected chi connectivity index (χ1v) is 18.9. The second-order valence-electron chi connectivity index (χ2n) is 16.1. The molecule has 2 saturated heterocycles. The largest absolute Gasteiger partial charge is 0.495 e. The molecule has 1 aromatic rings. The van der Waals surface area contributed by atoms with Crippen LogP contribution in [0.3, 0.4) is 0 Å². The number of esters is 1. The fourth-order valence-corrected chi connectivity index (χ4v) is 7.52. The van der Waals surface area contributed by atoms with Gasteiger partial charge in [-0.05, 0) is 51.3 Å². The van der Waals surface area contributed by atoms with Crippen LogP contribution in [0.2, 0.25) is 5.02 Å². The normalized spacial score (nSPS) is 29.2. The SMILES string of the molecule is COc1cc2cc(c1Cl)N(C)C(=O)C[C@H](OC(=O)[C@H](C)N(C)C(=O)CCC(C)(C)S)[C@]1(C)O[C@H]1C(C)(C)[C@@H]1C[C@@](O)(NC(=O)O1)[C@H](OC)C=CC=C(C)C2. The topological polar surface area (TPSA) is 156 Å². The first-order chi connectivity index (χ1) is 25.0. The number of nitrogens with zero attached hydrogens (tertiary/aromatic N) is 2. The van der Waals surface area contributed by atoms with E-state index in [1.54, 1.807) is 45.2 Å². The third-order valence-electron chi connectivity index (χ3n) is 10.8. The van der Waals surface area contributed by atoms with E-state index in [9.17, 15) is 24.3 Å². The first-order valence-electron chi connectivity index (χ1n) is 18.0. The van der Waals surface area contributed by atoms with Gasteiger partial charge in [-0.2, -0.15) is 12.6 Å². The summed E-state index contributed by atoms with van der Waals surface area (Å²) < 4.78 is 29.1. The molecule has 15 heteroatoms.